The van der Waals surface area contributed by atoms with Crippen LogP contribution < -0.4 is 11.1 Å². The predicted octanol–water partition coefficient (Wildman–Crippen LogP) is 1.29. The van der Waals surface area contributed by atoms with Gasteiger partial charge in [0.25, 0.3) is 0 Å². The molecule has 0 saturated heterocycles. The van der Waals surface area contributed by atoms with Crippen molar-refractivity contribution >= 4 is 5.91 Å². The molecular weight excluding hydrogens is 244 g/mol. The van der Waals surface area contributed by atoms with Crippen molar-refractivity contribution in [2.75, 3.05) is 6.54 Å². The van der Waals surface area contributed by atoms with Gasteiger partial charge in [-0.2, -0.15) is 4.98 Å². The van der Waals surface area contributed by atoms with Crippen LogP contribution in [-0.4, -0.2) is 22.6 Å². The summed E-state index contributed by atoms with van der Waals surface area (Å²) in [4.78, 5) is 16.0. The summed E-state index contributed by atoms with van der Waals surface area (Å²) in [6.07, 6.45) is 6.20. The molecule has 0 spiro atoms. The molecular formula is C13H22N4O2. The Kier molecular flexibility index (Phi) is 4.52. The van der Waals surface area contributed by atoms with Gasteiger partial charge in [-0.3, -0.25) is 4.79 Å². The third-order valence-corrected chi connectivity index (χ3v) is 3.89. The summed E-state index contributed by atoms with van der Waals surface area (Å²) in [5, 5.41) is 6.51. The second-order valence-corrected chi connectivity index (χ2v) is 5.45. The molecule has 0 aliphatic heterocycles. The molecule has 106 valence electrons. The SMILES string of the molecule is Cc1noc(CNC(=O)CC2(CN)CCCCC2)n1. The van der Waals surface area contributed by atoms with E-state index in [9.17, 15) is 4.79 Å². The number of amides is 1. The summed E-state index contributed by atoms with van der Waals surface area (Å²) < 4.78 is 4.96. The van der Waals surface area contributed by atoms with Crippen molar-refractivity contribution in [1.82, 2.24) is 15.5 Å². The fraction of sp³-hybridized carbons (Fsp3) is 0.769. The maximum absolute atomic E-state index is 12.0. The van der Waals surface area contributed by atoms with Gasteiger partial charge >= 0.3 is 0 Å². The lowest BCUT2D eigenvalue weighted by Crippen LogP contribution is -2.38. The third-order valence-electron chi connectivity index (χ3n) is 3.89. The second kappa shape index (κ2) is 6.14. The zero-order chi connectivity index (χ0) is 13.7. The van der Waals surface area contributed by atoms with Crippen LogP contribution in [0.5, 0.6) is 0 Å². The molecule has 6 nitrogen and oxygen atoms in total. The molecule has 6 heteroatoms. The summed E-state index contributed by atoms with van der Waals surface area (Å²) in [7, 11) is 0. The average Bonchev–Trinajstić information content (AvgIpc) is 2.83. The highest BCUT2D eigenvalue weighted by atomic mass is 16.5. The second-order valence-electron chi connectivity index (χ2n) is 5.45. The van der Waals surface area contributed by atoms with Gasteiger partial charge < -0.3 is 15.6 Å². The minimum Gasteiger partial charge on any atom is -0.347 e. The van der Waals surface area contributed by atoms with E-state index >= 15 is 0 Å². The minimum absolute atomic E-state index is 0.00685. The van der Waals surface area contributed by atoms with Gasteiger partial charge in [-0.1, -0.05) is 24.4 Å². The summed E-state index contributed by atoms with van der Waals surface area (Å²) in [5.41, 5.74) is 5.87. The molecule has 1 aliphatic rings. The van der Waals surface area contributed by atoms with Crippen molar-refractivity contribution in [2.45, 2.75) is 52.0 Å². The first-order valence-electron chi connectivity index (χ1n) is 6.89. The molecule has 0 atom stereocenters. The number of rotatable bonds is 5. The van der Waals surface area contributed by atoms with Gasteiger partial charge in [-0.05, 0) is 31.7 Å². The molecule has 1 aromatic rings. The number of nitrogens with one attached hydrogen (secondary N) is 1. The molecule has 1 aromatic heterocycles. The summed E-state index contributed by atoms with van der Waals surface area (Å²) in [6.45, 7) is 2.63. The fourth-order valence-corrected chi connectivity index (χ4v) is 2.74. The molecule has 1 saturated carbocycles. The molecule has 0 unspecified atom stereocenters. The van der Waals surface area contributed by atoms with Crippen LogP contribution >= 0.6 is 0 Å². The van der Waals surface area contributed by atoms with Gasteiger partial charge in [0, 0.05) is 6.42 Å². The van der Waals surface area contributed by atoms with Crippen LogP contribution in [0.3, 0.4) is 0 Å². The van der Waals surface area contributed by atoms with Crippen molar-refractivity contribution in [2.24, 2.45) is 11.1 Å². The highest BCUT2D eigenvalue weighted by Crippen LogP contribution is 2.38. The Labute approximate surface area is 113 Å². The standard InChI is InChI=1S/C13H22N4O2/c1-10-16-12(19-17-10)8-15-11(18)7-13(9-14)5-3-2-4-6-13/h2-9,14H2,1H3,(H,15,18). The van der Waals surface area contributed by atoms with E-state index in [-0.39, 0.29) is 11.3 Å². The van der Waals surface area contributed by atoms with E-state index < -0.39 is 0 Å². The van der Waals surface area contributed by atoms with Crippen LogP contribution in [0.15, 0.2) is 4.52 Å². The van der Waals surface area contributed by atoms with E-state index in [4.69, 9.17) is 10.3 Å². The van der Waals surface area contributed by atoms with Crippen molar-refractivity contribution in [3.05, 3.63) is 11.7 Å². The van der Waals surface area contributed by atoms with Gasteiger partial charge in [0.2, 0.25) is 11.8 Å². The van der Waals surface area contributed by atoms with Crippen molar-refractivity contribution in [3.8, 4) is 0 Å². The largest absolute Gasteiger partial charge is 0.347 e. The topological polar surface area (TPSA) is 94.0 Å². The van der Waals surface area contributed by atoms with Crippen molar-refractivity contribution < 1.29 is 9.32 Å². The number of aryl methyl sites for hydroxylation is 1. The Morgan fingerprint density at radius 2 is 2.16 bits per heavy atom. The zero-order valence-corrected chi connectivity index (χ0v) is 11.4. The Hall–Kier alpha value is -1.43. The van der Waals surface area contributed by atoms with Crippen LogP contribution in [0, 0.1) is 12.3 Å². The van der Waals surface area contributed by atoms with E-state index in [1.54, 1.807) is 6.92 Å². The zero-order valence-electron chi connectivity index (χ0n) is 11.4. The minimum atomic E-state index is -0.00685. The average molecular weight is 266 g/mol. The lowest BCUT2D eigenvalue weighted by atomic mass is 9.71. The van der Waals surface area contributed by atoms with Gasteiger partial charge in [-0.25, -0.2) is 0 Å². The fourth-order valence-electron chi connectivity index (χ4n) is 2.74. The van der Waals surface area contributed by atoms with E-state index in [2.05, 4.69) is 15.5 Å². The molecule has 0 bridgehead atoms. The molecule has 19 heavy (non-hydrogen) atoms. The molecule has 1 fully saturated rings. The van der Waals surface area contributed by atoms with Gasteiger partial charge in [0.05, 0.1) is 6.54 Å². The van der Waals surface area contributed by atoms with E-state index in [0.717, 1.165) is 12.8 Å². The first-order chi connectivity index (χ1) is 9.13. The molecule has 0 aromatic carbocycles. The molecule has 2 rings (SSSR count). The Morgan fingerprint density at radius 1 is 1.42 bits per heavy atom. The van der Waals surface area contributed by atoms with Crippen LogP contribution in [0.2, 0.25) is 0 Å². The predicted molar refractivity (Wildman–Crippen MR) is 70.1 cm³/mol. The number of hydrogen-bond acceptors (Lipinski definition) is 5. The van der Waals surface area contributed by atoms with Gasteiger partial charge in [0.15, 0.2) is 5.82 Å². The smallest absolute Gasteiger partial charge is 0.246 e. The molecule has 0 radical (unpaired) electrons. The summed E-state index contributed by atoms with van der Waals surface area (Å²) >= 11 is 0. The Balaban J connectivity index is 1.82. The van der Waals surface area contributed by atoms with Crippen molar-refractivity contribution in [3.63, 3.8) is 0 Å². The third kappa shape index (κ3) is 3.76. The Morgan fingerprint density at radius 3 is 2.74 bits per heavy atom. The number of nitrogens with two attached hydrogens (primary N) is 1. The van der Waals surface area contributed by atoms with Gasteiger partial charge in [-0.15, -0.1) is 0 Å². The first kappa shape index (κ1) is 14.0. The van der Waals surface area contributed by atoms with Gasteiger partial charge in [0.1, 0.15) is 0 Å². The quantitative estimate of drug-likeness (QED) is 0.837. The highest BCUT2D eigenvalue weighted by molar-refractivity contribution is 5.76. The number of hydrogen-bond donors (Lipinski definition) is 2. The lowest BCUT2D eigenvalue weighted by Gasteiger charge is -2.35. The number of carbonyl (C=O) groups is 1. The van der Waals surface area contributed by atoms with Crippen LogP contribution in [-0.2, 0) is 11.3 Å². The van der Waals surface area contributed by atoms with E-state index in [0.29, 0.717) is 31.2 Å². The monoisotopic (exact) mass is 266 g/mol. The summed E-state index contributed by atoms with van der Waals surface area (Å²) in [5.74, 6) is 1.04. The normalized spacial score (nSPS) is 18.2. The highest BCUT2D eigenvalue weighted by Gasteiger charge is 2.32. The molecule has 3 N–H and O–H groups in total. The van der Waals surface area contributed by atoms with Crippen LogP contribution in [0.1, 0.15) is 50.2 Å². The maximum Gasteiger partial charge on any atom is 0.246 e. The summed E-state index contributed by atoms with van der Waals surface area (Å²) in [6, 6.07) is 0. The number of carbonyl (C=O) groups excluding carboxylic acids is 1. The van der Waals surface area contributed by atoms with Crippen molar-refractivity contribution in [1.29, 1.82) is 0 Å². The molecule has 1 amide bonds. The Bertz CT molecular complexity index is 424. The van der Waals surface area contributed by atoms with Crippen LogP contribution in [0.25, 0.3) is 0 Å². The lowest BCUT2D eigenvalue weighted by molar-refractivity contribution is -0.124. The maximum atomic E-state index is 12.0. The molecule has 1 aliphatic carbocycles. The molecule has 1 heterocycles. The number of aromatic nitrogens is 2. The van der Waals surface area contributed by atoms with E-state index in [1.807, 2.05) is 0 Å². The number of nitrogens with zero attached hydrogens (tertiary/aromatic N) is 2. The first-order valence-corrected chi connectivity index (χ1v) is 6.89. The van der Waals surface area contributed by atoms with E-state index in [1.165, 1.54) is 19.3 Å². The van der Waals surface area contributed by atoms with Crippen LogP contribution in [0.4, 0.5) is 0 Å².